The normalized spacial score (nSPS) is 11.3. The van der Waals surface area contributed by atoms with Gasteiger partial charge in [-0.05, 0) is 39.8 Å². The van der Waals surface area contributed by atoms with Crippen molar-refractivity contribution in [3.05, 3.63) is 47.3 Å². The van der Waals surface area contributed by atoms with Crippen LogP contribution < -0.4 is 10.6 Å². The number of nitrogens with zero attached hydrogens (tertiary/aromatic N) is 3. The Morgan fingerprint density at radius 2 is 1.87 bits per heavy atom. The number of aromatic nitrogens is 2. The Morgan fingerprint density at radius 1 is 1.22 bits per heavy atom. The Morgan fingerprint density at radius 3 is 2.43 bits per heavy atom. The zero-order valence-electron chi connectivity index (χ0n) is 14.4. The number of rotatable bonds is 4. The first-order chi connectivity index (χ1) is 10.5. The van der Waals surface area contributed by atoms with Crippen molar-refractivity contribution in [2.24, 2.45) is 4.99 Å². The number of nitrogens with one attached hydrogen (secondary N) is 2. The summed E-state index contributed by atoms with van der Waals surface area (Å²) in [5, 5.41) is 11.3. The molecule has 2 N–H and O–H groups in total. The van der Waals surface area contributed by atoms with Crippen LogP contribution in [-0.2, 0) is 6.54 Å². The van der Waals surface area contributed by atoms with Crippen molar-refractivity contribution in [3.63, 3.8) is 0 Å². The lowest BCUT2D eigenvalue weighted by Gasteiger charge is -2.14. The van der Waals surface area contributed by atoms with Crippen molar-refractivity contribution in [2.75, 3.05) is 7.05 Å². The molecule has 0 bridgehead atoms. The minimum atomic E-state index is 0. The number of hydrogen-bond donors (Lipinski definition) is 2. The van der Waals surface area contributed by atoms with Gasteiger partial charge in [0.25, 0.3) is 0 Å². The third-order valence-electron chi connectivity index (χ3n) is 3.52. The fourth-order valence-electron chi connectivity index (χ4n) is 2.39. The number of para-hydroxylation sites is 1. The number of aryl methyl sites for hydroxylation is 1. The zero-order valence-corrected chi connectivity index (χ0v) is 16.8. The average molecular weight is 427 g/mol. The summed E-state index contributed by atoms with van der Waals surface area (Å²) in [5.74, 6) is 0.807. The summed E-state index contributed by atoms with van der Waals surface area (Å²) in [5.41, 5.74) is 4.47. The molecule has 1 heterocycles. The molecule has 0 saturated carbocycles. The van der Waals surface area contributed by atoms with Gasteiger partial charge in [-0.1, -0.05) is 18.2 Å². The summed E-state index contributed by atoms with van der Waals surface area (Å²) < 4.78 is 1.99. The van der Waals surface area contributed by atoms with E-state index in [9.17, 15) is 0 Å². The fourth-order valence-corrected chi connectivity index (χ4v) is 2.39. The van der Waals surface area contributed by atoms with E-state index in [1.54, 1.807) is 7.05 Å². The first-order valence-corrected chi connectivity index (χ1v) is 7.60. The molecule has 0 unspecified atom stereocenters. The fraction of sp³-hybridized carbons (Fsp3) is 0.412. The van der Waals surface area contributed by atoms with Crippen LogP contribution in [0.25, 0.3) is 5.69 Å². The number of benzene rings is 1. The molecule has 0 spiro atoms. The smallest absolute Gasteiger partial charge is 0.191 e. The lowest BCUT2D eigenvalue weighted by molar-refractivity contribution is 0.698. The van der Waals surface area contributed by atoms with E-state index in [4.69, 9.17) is 0 Å². The summed E-state index contributed by atoms with van der Waals surface area (Å²) >= 11 is 0. The first kappa shape index (κ1) is 19.5. The highest BCUT2D eigenvalue weighted by molar-refractivity contribution is 14.0. The average Bonchev–Trinajstić information content (AvgIpc) is 2.79. The standard InChI is InChI=1S/C17H25N5.HI/c1-12(2)20-17(18-5)19-11-16-13(3)21-22(14(16)4)15-9-7-6-8-10-15;/h6-10,12H,11H2,1-5H3,(H2,18,19,20);1H. The van der Waals surface area contributed by atoms with Crippen molar-refractivity contribution < 1.29 is 0 Å². The Balaban J connectivity index is 0.00000264. The molecule has 2 aromatic rings. The first-order valence-electron chi connectivity index (χ1n) is 7.60. The molecule has 6 heteroatoms. The molecule has 0 saturated heterocycles. The molecule has 0 atom stereocenters. The van der Waals surface area contributed by atoms with Crippen molar-refractivity contribution in [2.45, 2.75) is 40.3 Å². The van der Waals surface area contributed by atoms with E-state index in [-0.39, 0.29) is 24.0 Å². The molecule has 0 aliphatic rings. The van der Waals surface area contributed by atoms with Gasteiger partial charge in [0.15, 0.2) is 5.96 Å². The number of halogens is 1. The summed E-state index contributed by atoms with van der Waals surface area (Å²) in [6, 6.07) is 10.5. The van der Waals surface area contributed by atoms with Gasteiger partial charge in [-0.3, -0.25) is 4.99 Å². The highest BCUT2D eigenvalue weighted by atomic mass is 127. The second-order valence-electron chi connectivity index (χ2n) is 5.62. The van der Waals surface area contributed by atoms with E-state index in [0.717, 1.165) is 23.0 Å². The van der Waals surface area contributed by atoms with Gasteiger partial charge in [-0.15, -0.1) is 24.0 Å². The second-order valence-corrected chi connectivity index (χ2v) is 5.62. The number of guanidine groups is 1. The van der Waals surface area contributed by atoms with Crippen LogP contribution >= 0.6 is 24.0 Å². The summed E-state index contributed by atoms with van der Waals surface area (Å²) in [6.07, 6.45) is 0. The van der Waals surface area contributed by atoms with Crippen LogP contribution in [0.4, 0.5) is 0 Å². The molecule has 0 fully saturated rings. The van der Waals surface area contributed by atoms with Crippen LogP contribution in [0.5, 0.6) is 0 Å². The predicted octanol–water partition coefficient (Wildman–Crippen LogP) is 3.18. The predicted molar refractivity (Wildman–Crippen MR) is 107 cm³/mol. The van der Waals surface area contributed by atoms with Gasteiger partial charge in [-0.2, -0.15) is 5.10 Å². The molecule has 0 aliphatic heterocycles. The van der Waals surface area contributed by atoms with Crippen LogP contribution in [0.1, 0.15) is 30.8 Å². The van der Waals surface area contributed by atoms with E-state index in [1.165, 1.54) is 5.56 Å². The summed E-state index contributed by atoms with van der Waals surface area (Å²) in [6.45, 7) is 9.04. The summed E-state index contributed by atoms with van der Waals surface area (Å²) in [4.78, 5) is 4.23. The van der Waals surface area contributed by atoms with E-state index >= 15 is 0 Å². The Bertz CT molecular complexity index is 647. The third kappa shape index (κ3) is 4.95. The molecule has 5 nitrogen and oxygen atoms in total. The Kier molecular flexibility index (Phi) is 7.54. The minimum absolute atomic E-state index is 0. The van der Waals surface area contributed by atoms with Gasteiger partial charge in [0, 0.05) is 30.9 Å². The molecular weight excluding hydrogens is 401 g/mol. The maximum Gasteiger partial charge on any atom is 0.191 e. The second kappa shape index (κ2) is 8.90. The van der Waals surface area contributed by atoms with E-state index in [2.05, 4.69) is 53.6 Å². The summed E-state index contributed by atoms with van der Waals surface area (Å²) in [7, 11) is 1.78. The highest BCUT2D eigenvalue weighted by Gasteiger charge is 2.13. The molecular formula is C17H26IN5. The molecule has 2 rings (SSSR count). The van der Waals surface area contributed by atoms with Gasteiger partial charge >= 0.3 is 0 Å². The molecule has 126 valence electrons. The highest BCUT2D eigenvalue weighted by Crippen LogP contribution is 2.17. The molecule has 0 aliphatic carbocycles. The topological polar surface area (TPSA) is 54.2 Å². The minimum Gasteiger partial charge on any atom is -0.354 e. The quantitative estimate of drug-likeness (QED) is 0.448. The van der Waals surface area contributed by atoms with Crippen molar-refractivity contribution in [3.8, 4) is 5.69 Å². The van der Waals surface area contributed by atoms with Gasteiger partial charge in [0.1, 0.15) is 0 Å². The Labute approximate surface area is 155 Å². The molecule has 1 aromatic carbocycles. The van der Waals surface area contributed by atoms with Crippen LogP contribution in [0.15, 0.2) is 35.3 Å². The van der Waals surface area contributed by atoms with Gasteiger partial charge in [0.05, 0.1) is 11.4 Å². The number of aliphatic imine (C=N–C) groups is 1. The van der Waals surface area contributed by atoms with Crippen molar-refractivity contribution in [1.29, 1.82) is 0 Å². The maximum atomic E-state index is 4.66. The number of hydrogen-bond acceptors (Lipinski definition) is 2. The lowest BCUT2D eigenvalue weighted by atomic mass is 10.2. The Hall–Kier alpha value is -1.57. The van der Waals surface area contributed by atoms with Gasteiger partial charge in [0.2, 0.25) is 0 Å². The van der Waals surface area contributed by atoms with Crippen LogP contribution in [0, 0.1) is 13.8 Å². The van der Waals surface area contributed by atoms with E-state index < -0.39 is 0 Å². The largest absolute Gasteiger partial charge is 0.354 e. The molecule has 0 radical (unpaired) electrons. The van der Waals surface area contributed by atoms with Crippen LogP contribution in [0.3, 0.4) is 0 Å². The van der Waals surface area contributed by atoms with Crippen LogP contribution in [0.2, 0.25) is 0 Å². The monoisotopic (exact) mass is 427 g/mol. The molecule has 0 amide bonds. The maximum absolute atomic E-state index is 4.66. The van der Waals surface area contributed by atoms with Crippen LogP contribution in [-0.4, -0.2) is 28.8 Å². The lowest BCUT2D eigenvalue weighted by Crippen LogP contribution is -2.40. The third-order valence-corrected chi connectivity index (χ3v) is 3.52. The SMILES string of the molecule is CN=C(NCc1c(C)nn(-c2ccccc2)c1C)NC(C)C.I. The van der Waals surface area contributed by atoms with E-state index in [1.807, 2.05) is 29.8 Å². The van der Waals surface area contributed by atoms with Crippen molar-refractivity contribution in [1.82, 2.24) is 20.4 Å². The zero-order chi connectivity index (χ0) is 16.1. The van der Waals surface area contributed by atoms with E-state index in [0.29, 0.717) is 12.6 Å². The van der Waals surface area contributed by atoms with Gasteiger partial charge in [-0.25, -0.2) is 4.68 Å². The molecule has 23 heavy (non-hydrogen) atoms. The van der Waals surface area contributed by atoms with Gasteiger partial charge < -0.3 is 10.6 Å². The van der Waals surface area contributed by atoms with Crippen molar-refractivity contribution >= 4 is 29.9 Å². The molecule has 1 aromatic heterocycles.